The molecule has 0 spiro atoms. The lowest BCUT2D eigenvalue weighted by Gasteiger charge is -2.10. The van der Waals surface area contributed by atoms with Crippen LogP contribution < -0.4 is 5.32 Å². The van der Waals surface area contributed by atoms with E-state index in [-0.39, 0.29) is 5.91 Å². The van der Waals surface area contributed by atoms with E-state index in [1.807, 2.05) is 6.07 Å². The van der Waals surface area contributed by atoms with Gasteiger partial charge in [-0.05, 0) is 49.8 Å². The van der Waals surface area contributed by atoms with Gasteiger partial charge >= 0.3 is 0 Å². The summed E-state index contributed by atoms with van der Waals surface area (Å²) in [6.07, 6.45) is 8.01. The van der Waals surface area contributed by atoms with E-state index in [4.69, 9.17) is 4.42 Å². The van der Waals surface area contributed by atoms with Crippen molar-refractivity contribution in [2.24, 2.45) is 0 Å². The van der Waals surface area contributed by atoms with Gasteiger partial charge in [0.05, 0.1) is 11.3 Å². The largest absolute Gasteiger partial charge is 0.472 e. The van der Waals surface area contributed by atoms with Crippen LogP contribution in [0.4, 0.5) is 5.00 Å². The number of furan rings is 1. The highest BCUT2D eigenvalue weighted by Gasteiger charge is 2.20. The van der Waals surface area contributed by atoms with E-state index < -0.39 is 0 Å². The average molecular weight is 344 g/mol. The first-order chi connectivity index (χ1) is 11.2. The Morgan fingerprint density at radius 3 is 3.00 bits per heavy atom. The number of nitrogens with one attached hydrogen (secondary N) is 1. The van der Waals surface area contributed by atoms with Crippen LogP contribution in [-0.2, 0) is 12.8 Å². The number of rotatable bonds is 3. The molecule has 0 aliphatic heterocycles. The van der Waals surface area contributed by atoms with Gasteiger partial charge in [-0.25, -0.2) is 4.98 Å². The number of carbonyl (C=O) groups is 1. The van der Waals surface area contributed by atoms with E-state index in [0.29, 0.717) is 5.69 Å². The van der Waals surface area contributed by atoms with Gasteiger partial charge in [0.25, 0.3) is 5.91 Å². The highest BCUT2D eigenvalue weighted by Crippen LogP contribution is 2.37. The first-order valence-corrected chi connectivity index (χ1v) is 9.32. The van der Waals surface area contributed by atoms with Crippen molar-refractivity contribution in [1.29, 1.82) is 0 Å². The number of aryl methyl sites for hydroxylation is 1. The third kappa shape index (κ3) is 2.72. The van der Waals surface area contributed by atoms with E-state index in [1.165, 1.54) is 40.2 Å². The number of hydrogen-bond donors (Lipinski definition) is 1. The second-order valence-corrected chi connectivity index (χ2v) is 7.63. The molecule has 0 radical (unpaired) electrons. The fourth-order valence-corrected chi connectivity index (χ4v) is 4.98. The first-order valence-electron chi connectivity index (χ1n) is 7.63. The van der Waals surface area contributed by atoms with E-state index in [2.05, 4.69) is 17.2 Å². The van der Waals surface area contributed by atoms with Crippen molar-refractivity contribution in [2.75, 3.05) is 5.32 Å². The number of aromatic nitrogens is 1. The minimum atomic E-state index is -0.141. The zero-order valence-corrected chi connectivity index (χ0v) is 14.4. The molecule has 6 heteroatoms. The Labute approximate surface area is 142 Å². The smallest absolute Gasteiger partial charge is 0.275 e. The van der Waals surface area contributed by atoms with Crippen molar-refractivity contribution >= 4 is 33.6 Å². The number of amides is 1. The monoisotopic (exact) mass is 344 g/mol. The second-order valence-electron chi connectivity index (χ2n) is 5.67. The Morgan fingerprint density at radius 1 is 1.35 bits per heavy atom. The molecular weight excluding hydrogens is 328 g/mol. The molecule has 3 aromatic rings. The van der Waals surface area contributed by atoms with Crippen LogP contribution >= 0.6 is 22.7 Å². The molecule has 4 rings (SSSR count). The van der Waals surface area contributed by atoms with Gasteiger partial charge in [-0.1, -0.05) is 0 Å². The highest BCUT2D eigenvalue weighted by atomic mass is 32.1. The fraction of sp³-hybridized carbons (Fsp3) is 0.294. The zero-order valence-electron chi connectivity index (χ0n) is 12.7. The molecule has 0 unspecified atom stereocenters. The van der Waals surface area contributed by atoms with Crippen molar-refractivity contribution in [3.8, 4) is 10.6 Å². The Balaban J connectivity index is 1.55. The third-order valence-electron chi connectivity index (χ3n) is 4.17. The molecule has 23 heavy (non-hydrogen) atoms. The van der Waals surface area contributed by atoms with Crippen molar-refractivity contribution in [2.45, 2.75) is 32.6 Å². The number of thiazole rings is 1. The van der Waals surface area contributed by atoms with Crippen molar-refractivity contribution in [3.63, 3.8) is 0 Å². The predicted molar refractivity (Wildman–Crippen MR) is 93.5 cm³/mol. The lowest BCUT2D eigenvalue weighted by atomic mass is 9.96. The van der Waals surface area contributed by atoms with Crippen LogP contribution in [0.2, 0.25) is 0 Å². The van der Waals surface area contributed by atoms with Crippen molar-refractivity contribution in [1.82, 2.24) is 4.98 Å². The highest BCUT2D eigenvalue weighted by molar-refractivity contribution is 7.16. The lowest BCUT2D eigenvalue weighted by molar-refractivity contribution is 0.102. The predicted octanol–water partition coefficient (Wildman–Crippen LogP) is 4.90. The summed E-state index contributed by atoms with van der Waals surface area (Å²) in [6, 6.07) is 1.85. The van der Waals surface area contributed by atoms with Gasteiger partial charge < -0.3 is 9.73 Å². The molecule has 0 aromatic carbocycles. The second kappa shape index (κ2) is 5.94. The molecule has 3 heterocycles. The molecule has 0 fully saturated rings. The number of thiophene rings is 1. The van der Waals surface area contributed by atoms with Gasteiger partial charge in [0.15, 0.2) is 0 Å². The van der Waals surface area contributed by atoms with Crippen LogP contribution in [0.3, 0.4) is 0 Å². The van der Waals surface area contributed by atoms with E-state index >= 15 is 0 Å². The topological polar surface area (TPSA) is 55.1 Å². The van der Waals surface area contributed by atoms with Gasteiger partial charge in [0, 0.05) is 15.8 Å². The molecule has 0 bridgehead atoms. The van der Waals surface area contributed by atoms with Crippen molar-refractivity contribution < 1.29 is 9.21 Å². The molecule has 1 aliphatic carbocycles. The summed E-state index contributed by atoms with van der Waals surface area (Å²) in [4.78, 5) is 18.3. The van der Waals surface area contributed by atoms with Crippen molar-refractivity contribution in [3.05, 3.63) is 45.7 Å². The number of anilines is 1. The van der Waals surface area contributed by atoms with Crippen LogP contribution in [0.25, 0.3) is 10.6 Å². The summed E-state index contributed by atoms with van der Waals surface area (Å²) in [5.41, 5.74) is 4.02. The van der Waals surface area contributed by atoms with Gasteiger partial charge in [-0.15, -0.1) is 22.7 Å². The maximum absolute atomic E-state index is 12.5. The lowest BCUT2D eigenvalue weighted by Crippen LogP contribution is -2.12. The van der Waals surface area contributed by atoms with E-state index in [0.717, 1.165) is 28.4 Å². The maximum atomic E-state index is 12.5. The summed E-state index contributed by atoms with van der Waals surface area (Å²) in [5, 5.41) is 6.60. The quantitative estimate of drug-likeness (QED) is 0.735. The Bertz CT molecular complexity index is 846. The molecule has 118 valence electrons. The normalized spacial score (nSPS) is 13.8. The van der Waals surface area contributed by atoms with Gasteiger partial charge in [-0.2, -0.15) is 0 Å². The van der Waals surface area contributed by atoms with Gasteiger partial charge in [-0.3, -0.25) is 4.79 Å². The third-order valence-corrected chi connectivity index (χ3v) is 6.37. The van der Waals surface area contributed by atoms with Crippen LogP contribution in [0, 0.1) is 6.92 Å². The van der Waals surface area contributed by atoms with Crippen LogP contribution in [0.5, 0.6) is 0 Å². The molecule has 4 nitrogen and oxygen atoms in total. The Morgan fingerprint density at radius 2 is 2.22 bits per heavy atom. The number of hydrogen-bond acceptors (Lipinski definition) is 5. The molecule has 0 saturated heterocycles. The van der Waals surface area contributed by atoms with Crippen LogP contribution in [0.1, 0.15) is 39.3 Å². The molecule has 0 saturated carbocycles. The molecule has 3 aromatic heterocycles. The van der Waals surface area contributed by atoms with E-state index in [9.17, 15) is 4.79 Å². The molecule has 1 N–H and O–H groups in total. The zero-order chi connectivity index (χ0) is 15.8. The van der Waals surface area contributed by atoms with E-state index in [1.54, 1.807) is 29.2 Å². The standard InChI is InChI=1S/C17H16N2O2S2/c1-10-12-4-2-3-5-14(12)23-16(10)19-15(20)13-9-22-17(18-13)11-6-7-21-8-11/h6-9H,2-5H2,1H3,(H,19,20). The summed E-state index contributed by atoms with van der Waals surface area (Å²) in [5.74, 6) is -0.141. The summed E-state index contributed by atoms with van der Waals surface area (Å²) in [7, 11) is 0. The summed E-state index contributed by atoms with van der Waals surface area (Å²) < 4.78 is 5.06. The minimum absolute atomic E-state index is 0.141. The molecule has 0 atom stereocenters. The molecule has 1 amide bonds. The molecule has 1 aliphatic rings. The average Bonchev–Trinajstić information content (AvgIpc) is 3.28. The minimum Gasteiger partial charge on any atom is -0.472 e. The first kappa shape index (κ1) is 14.7. The maximum Gasteiger partial charge on any atom is 0.275 e. The Kier molecular flexibility index (Phi) is 3.79. The van der Waals surface area contributed by atoms with Gasteiger partial charge in [0.1, 0.15) is 17.0 Å². The summed E-state index contributed by atoms with van der Waals surface area (Å²) >= 11 is 3.17. The van der Waals surface area contributed by atoms with Crippen LogP contribution in [-0.4, -0.2) is 10.9 Å². The number of nitrogens with zero attached hydrogens (tertiary/aromatic N) is 1. The fourth-order valence-electron chi connectivity index (χ4n) is 2.91. The number of carbonyl (C=O) groups excluding carboxylic acids is 1. The molecular formula is C17H16N2O2S2. The van der Waals surface area contributed by atoms with Gasteiger partial charge in [0.2, 0.25) is 0 Å². The summed E-state index contributed by atoms with van der Waals surface area (Å²) in [6.45, 7) is 2.11. The number of fused-ring (bicyclic) bond motifs is 1. The van der Waals surface area contributed by atoms with Crippen LogP contribution in [0.15, 0.2) is 28.4 Å². The SMILES string of the molecule is Cc1c(NC(=O)c2csc(-c3ccoc3)n2)sc2c1CCCC2. The Hall–Kier alpha value is -1.92.